The van der Waals surface area contributed by atoms with Crippen LogP contribution in [-0.4, -0.2) is 44.5 Å². The number of aromatic nitrogens is 4. The molecule has 0 saturated carbocycles. The molecule has 18 heavy (non-hydrogen) atoms. The van der Waals surface area contributed by atoms with E-state index in [1.54, 1.807) is 11.9 Å². The average Bonchev–Trinajstić information content (AvgIpc) is 2.77. The number of carbonyl (C=O) groups is 1. The number of amides is 1. The minimum Gasteiger partial charge on any atom is -0.339 e. The van der Waals surface area contributed by atoms with Crippen LogP contribution in [0, 0.1) is 5.41 Å². The lowest BCUT2D eigenvalue weighted by atomic mass is 9.86. The largest absolute Gasteiger partial charge is 0.339 e. The summed E-state index contributed by atoms with van der Waals surface area (Å²) in [6.45, 7) is 11.8. The molecule has 0 aliphatic rings. The molecule has 0 radical (unpaired) electrons. The lowest BCUT2D eigenvalue weighted by Crippen LogP contribution is -2.39. The Morgan fingerprint density at radius 1 is 1.50 bits per heavy atom. The molecule has 1 heterocycles. The van der Waals surface area contributed by atoms with Gasteiger partial charge in [0.25, 0.3) is 0 Å². The highest BCUT2D eigenvalue weighted by Crippen LogP contribution is 2.25. The van der Waals surface area contributed by atoms with E-state index in [0.29, 0.717) is 17.8 Å². The summed E-state index contributed by atoms with van der Waals surface area (Å²) in [5, 5.41) is 13.7. The molecule has 100 valence electrons. The number of hydrogen-bond donors (Lipinski definition) is 1. The van der Waals surface area contributed by atoms with Gasteiger partial charge in [0.1, 0.15) is 0 Å². The molecule has 0 aliphatic heterocycles. The fraction of sp³-hybridized carbons (Fsp3) is 0.667. The van der Waals surface area contributed by atoms with Gasteiger partial charge in [-0.25, -0.2) is 0 Å². The van der Waals surface area contributed by atoms with E-state index in [2.05, 4.69) is 27.2 Å². The SMILES string of the molecule is C=C(C(=O)N(C)C(C)Cc1nn[nH]n1)C(C)(C)C. The molecule has 6 nitrogen and oxygen atoms in total. The summed E-state index contributed by atoms with van der Waals surface area (Å²) in [5.41, 5.74) is 0.377. The summed E-state index contributed by atoms with van der Waals surface area (Å²) >= 11 is 0. The maximum absolute atomic E-state index is 12.2. The molecule has 6 heteroatoms. The number of rotatable bonds is 4. The Bertz CT molecular complexity index is 418. The number of carbonyl (C=O) groups excluding carboxylic acids is 1. The van der Waals surface area contributed by atoms with Gasteiger partial charge < -0.3 is 4.90 Å². The first-order valence-corrected chi connectivity index (χ1v) is 5.92. The van der Waals surface area contributed by atoms with Gasteiger partial charge in [-0.1, -0.05) is 32.6 Å². The van der Waals surface area contributed by atoms with Crippen molar-refractivity contribution in [1.82, 2.24) is 25.5 Å². The van der Waals surface area contributed by atoms with Crippen molar-refractivity contribution in [2.75, 3.05) is 7.05 Å². The van der Waals surface area contributed by atoms with Crippen molar-refractivity contribution in [3.8, 4) is 0 Å². The zero-order valence-electron chi connectivity index (χ0n) is 11.7. The highest BCUT2D eigenvalue weighted by molar-refractivity contribution is 5.93. The van der Waals surface area contributed by atoms with Crippen LogP contribution in [0.25, 0.3) is 0 Å². The molecule has 0 spiro atoms. The smallest absolute Gasteiger partial charge is 0.249 e. The number of nitrogens with zero attached hydrogens (tertiary/aromatic N) is 4. The van der Waals surface area contributed by atoms with Gasteiger partial charge in [0.2, 0.25) is 5.91 Å². The maximum Gasteiger partial charge on any atom is 0.249 e. The normalized spacial score (nSPS) is 13.2. The predicted octanol–water partition coefficient (Wildman–Crippen LogP) is 1.19. The zero-order chi connectivity index (χ0) is 13.9. The molecule has 0 saturated heterocycles. The van der Waals surface area contributed by atoms with Crippen LogP contribution >= 0.6 is 0 Å². The molecule has 1 atom stereocenters. The summed E-state index contributed by atoms with van der Waals surface area (Å²) < 4.78 is 0. The highest BCUT2D eigenvalue weighted by Gasteiger charge is 2.26. The number of likely N-dealkylation sites (N-methyl/N-ethyl adjacent to an activating group) is 1. The van der Waals surface area contributed by atoms with E-state index >= 15 is 0 Å². The van der Waals surface area contributed by atoms with Crippen LogP contribution in [0.15, 0.2) is 12.2 Å². The number of tetrazole rings is 1. The number of H-pyrrole nitrogens is 1. The molecular formula is C12H21N5O. The van der Waals surface area contributed by atoms with Gasteiger partial charge in [-0.3, -0.25) is 4.79 Å². The predicted molar refractivity (Wildman–Crippen MR) is 68.7 cm³/mol. The van der Waals surface area contributed by atoms with Crippen LogP contribution in [0.4, 0.5) is 0 Å². The van der Waals surface area contributed by atoms with Crippen molar-refractivity contribution in [1.29, 1.82) is 0 Å². The second-order valence-electron chi connectivity index (χ2n) is 5.53. The van der Waals surface area contributed by atoms with E-state index in [1.165, 1.54) is 0 Å². The van der Waals surface area contributed by atoms with E-state index in [0.717, 1.165) is 0 Å². The summed E-state index contributed by atoms with van der Waals surface area (Å²) in [6, 6.07) is -0.00537. The molecule has 1 N–H and O–H groups in total. The van der Waals surface area contributed by atoms with Crippen LogP contribution in [0.5, 0.6) is 0 Å². The van der Waals surface area contributed by atoms with Crippen molar-refractivity contribution in [2.45, 2.75) is 40.2 Å². The van der Waals surface area contributed by atoms with E-state index in [9.17, 15) is 4.79 Å². The van der Waals surface area contributed by atoms with Crippen molar-refractivity contribution in [3.05, 3.63) is 18.0 Å². The third-order valence-electron chi connectivity index (χ3n) is 3.01. The van der Waals surface area contributed by atoms with Crippen molar-refractivity contribution in [2.24, 2.45) is 5.41 Å². The second-order valence-corrected chi connectivity index (χ2v) is 5.53. The highest BCUT2D eigenvalue weighted by atomic mass is 16.2. The minimum atomic E-state index is -0.225. The van der Waals surface area contributed by atoms with Gasteiger partial charge in [0.15, 0.2) is 5.82 Å². The second kappa shape index (κ2) is 5.29. The molecule has 1 unspecified atom stereocenters. The van der Waals surface area contributed by atoms with Crippen LogP contribution < -0.4 is 0 Å². The number of aromatic amines is 1. The Labute approximate surface area is 107 Å². The van der Waals surface area contributed by atoms with E-state index in [4.69, 9.17) is 0 Å². The monoisotopic (exact) mass is 251 g/mol. The molecule has 0 fully saturated rings. The fourth-order valence-corrected chi connectivity index (χ4v) is 1.40. The van der Waals surface area contributed by atoms with Crippen molar-refractivity contribution >= 4 is 5.91 Å². The van der Waals surface area contributed by atoms with Gasteiger partial charge in [-0.05, 0) is 12.3 Å². The first kappa shape index (κ1) is 14.3. The molecule has 1 aromatic rings. The molecule has 0 aliphatic carbocycles. The lowest BCUT2D eigenvalue weighted by molar-refractivity contribution is -0.128. The Hall–Kier alpha value is -1.72. The van der Waals surface area contributed by atoms with E-state index < -0.39 is 0 Å². The van der Waals surface area contributed by atoms with Gasteiger partial charge >= 0.3 is 0 Å². The molecule has 0 aromatic carbocycles. The van der Waals surface area contributed by atoms with Crippen molar-refractivity contribution < 1.29 is 4.79 Å². The Kier molecular flexibility index (Phi) is 4.21. The topological polar surface area (TPSA) is 74.8 Å². The Balaban J connectivity index is 2.66. The summed E-state index contributed by atoms with van der Waals surface area (Å²) in [7, 11) is 1.77. The molecular weight excluding hydrogens is 230 g/mol. The first-order chi connectivity index (χ1) is 8.23. The van der Waals surface area contributed by atoms with Crippen molar-refractivity contribution in [3.63, 3.8) is 0 Å². The summed E-state index contributed by atoms with van der Waals surface area (Å²) in [5.74, 6) is 0.557. The van der Waals surface area contributed by atoms with Crippen LogP contribution in [0.3, 0.4) is 0 Å². The number of nitrogens with one attached hydrogen (secondary N) is 1. The van der Waals surface area contributed by atoms with E-state index in [-0.39, 0.29) is 17.4 Å². The quantitative estimate of drug-likeness (QED) is 0.816. The molecule has 1 rings (SSSR count). The molecule has 0 bridgehead atoms. The minimum absolute atomic E-state index is 0.00537. The van der Waals surface area contributed by atoms with Gasteiger partial charge in [0.05, 0.1) is 0 Å². The van der Waals surface area contributed by atoms with E-state index in [1.807, 2.05) is 27.7 Å². The Morgan fingerprint density at radius 3 is 2.56 bits per heavy atom. The van der Waals surface area contributed by atoms with Crippen LogP contribution in [-0.2, 0) is 11.2 Å². The molecule has 1 aromatic heterocycles. The first-order valence-electron chi connectivity index (χ1n) is 5.92. The maximum atomic E-state index is 12.2. The fourth-order valence-electron chi connectivity index (χ4n) is 1.40. The Morgan fingerprint density at radius 2 is 2.11 bits per heavy atom. The standard InChI is InChI=1S/C12H21N5O/c1-8(7-10-13-15-16-14-10)17(6)11(18)9(2)12(3,4)5/h8H,2,7H2,1,3-6H3,(H,13,14,15,16). The van der Waals surface area contributed by atoms with Gasteiger partial charge in [-0.2, -0.15) is 5.21 Å². The van der Waals surface area contributed by atoms with Gasteiger partial charge in [0, 0.05) is 25.1 Å². The zero-order valence-corrected chi connectivity index (χ0v) is 11.7. The van der Waals surface area contributed by atoms with Gasteiger partial charge in [-0.15, -0.1) is 10.2 Å². The lowest BCUT2D eigenvalue weighted by Gasteiger charge is -2.29. The summed E-state index contributed by atoms with van der Waals surface area (Å²) in [6.07, 6.45) is 0.566. The third kappa shape index (κ3) is 3.38. The number of hydrogen-bond acceptors (Lipinski definition) is 4. The third-order valence-corrected chi connectivity index (χ3v) is 3.01. The average molecular weight is 251 g/mol. The van der Waals surface area contributed by atoms with Crippen LogP contribution in [0.2, 0.25) is 0 Å². The summed E-state index contributed by atoms with van der Waals surface area (Å²) in [4.78, 5) is 13.9. The van der Waals surface area contributed by atoms with Crippen LogP contribution in [0.1, 0.15) is 33.5 Å². The molecule has 1 amide bonds.